The van der Waals surface area contributed by atoms with Crippen LogP contribution in [0.25, 0.3) is 0 Å². The molecule has 8 nitrogen and oxygen atoms in total. The highest BCUT2D eigenvalue weighted by Gasteiger charge is 2.16. The van der Waals surface area contributed by atoms with Gasteiger partial charge in [0.15, 0.2) is 4.34 Å². The molecule has 0 atom stereocenters. The van der Waals surface area contributed by atoms with Crippen molar-refractivity contribution >= 4 is 44.2 Å². The van der Waals surface area contributed by atoms with Gasteiger partial charge in [-0.15, -0.1) is 10.2 Å². The number of carbonyl (C=O) groups excluding carboxylic acids is 1. The molecule has 0 aliphatic heterocycles. The van der Waals surface area contributed by atoms with E-state index in [9.17, 15) is 13.2 Å². The summed E-state index contributed by atoms with van der Waals surface area (Å²) in [6, 6.07) is 3.82. The van der Waals surface area contributed by atoms with Gasteiger partial charge in [0.05, 0.1) is 12.8 Å². The molecule has 0 radical (unpaired) electrons. The zero-order valence-corrected chi connectivity index (χ0v) is 14.9. The van der Waals surface area contributed by atoms with Crippen LogP contribution in [0.2, 0.25) is 0 Å². The summed E-state index contributed by atoms with van der Waals surface area (Å²) >= 11 is 2.72. The third kappa shape index (κ3) is 5.86. The van der Waals surface area contributed by atoms with Crippen LogP contribution in [-0.4, -0.2) is 53.7 Å². The lowest BCUT2D eigenvalue weighted by Gasteiger charge is -2.12. The number of likely N-dealkylation sites (N-methyl/N-ethyl adjacent to an activating group) is 1. The van der Waals surface area contributed by atoms with E-state index in [4.69, 9.17) is 0 Å². The number of nitrogens with one attached hydrogen (secondary N) is 1. The van der Waals surface area contributed by atoms with E-state index in [0.717, 1.165) is 16.1 Å². The molecular weight excluding hydrogens is 358 g/mol. The second-order valence-electron chi connectivity index (χ2n) is 4.59. The third-order valence-corrected chi connectivity index (χ3v) is 5.97. The van der Waals surface area contributed by atoms with E-state index in [-0.39, 0.29) is 6.54 Å². The van der Waals surface area contributed by atoms with Crippen molar-refractivity contribution in [2.45, 2.75) is 10.1 Å². The van der Waals surface area contributed by atoms with Crippen LogP contribution in [0, 0.1) is 0 Å². The zero-order valence-electron chi connectivity index (χ0n) is 12.5. The minimum Gasteiger partial charge on any atom is -0.299 e. The van der Waals surface area contributed by atoms with Crippen LogP contribution < -0.4 is 5.32 Å². The summed E-state index contributed by atoms with van der Waals surface area (Å²) in [7, 11) is -2.06. The fourth-order valence-corrected chi connectivity index (χ4v) is 3.48. The number of aromatic nitrogens is 3. The number of hydrogen-bond acceptors (Lipinski definition) is 8. The highest BCUT2D eigenvalue weighted by atomic mass is 32.2. The first-order valence-corrected chi connectivity index (χ1v) is 10.1. The Labute approximate surface area is 142 Å². The molecule has 0 unspecified atom stereocenters. The smallest absolute Gasteiger partial charge is 0.241 e. The molecule has 0 aromatic carbocycles. The second kappa shape index (κ2) is 7.81. The Hall–Kier alpha value is -1.56. The van der Waals surface area contributed by atoms with Crippen LogP contribution in [0.4, 0.5) is 5.13 Å². The maximum absolute atomic E-state index is 11.8. The zero-order chi connectivity index (χ0) is 16.9. The molecule has 0 saturated carbocycles. The van der Waals surface area contributed by atoms with Gasteiger partial charge >= 0.3 is 0 Å². The van der Waals surface area contributed by atoms with E-state index in [2.05, 4.69) is 20.5 Å². The predicted molar refractivity (Wildman–Crippen MR) is 89.8 cm³/mol. The van der Waals surface area contributed by atoms with Crippen molar-refractivity contribution in [1.29, 1.82) is 0 Å². The molecule has 1 N–H and O–H groups in total. The normalized spacial score (nSPS) is 11.6. The molecule has 0 aliphatic carbocycles. The third-order valence-electron chi connectivity index (χ3n) is 2.67. The molecule has 0 bridgehead atoms. The Morgan fingerprint density at radius 2 is 2.22 bits per heavy atom. The molecule has 0 aliphatic rings. The Balaban J connectivity index is 1.86. The largest absolute Gasteiger partial charge is 0.299 e. The molecule has 2 aromatic heterocycles. The Morgan fingerprint density at radius 1 is 1.43 bits per heavy atom. The van der Waals surface area contributed by atoms with Crippen molar-refractivity contribution in [2.75, 3.05) is 25.2 Å². The fraction of sp³-hybridized carbons (Fsp3) is 0.333. The van der Waals surface area contributed by atoms with E-state index in [0.29, 0.717) is 15.2 Å². The lowest BCUT2D eigenvalue weighted by atomic mass is 10.3. The van der Waals surface area contributed by atoms with Gasteiger partial charge in [0, 0.05) is 25.2 Å². The van der Waals surface area contributed by atoms with Crippen molar-refractivity contribution < 1.29 is 13.2 Å². The van der Waals surface area contributed by atoms with E-state index in [1.807, 2.05) is 12.1 Å². The Morgan fingerprint density at radius 3 is 2.87 bits per heavy atom. The van der Waals surface area contributed by atoms with Gasteiger partial charge in [-0.05, 0) is 11.6 Å². The van der Waals surface area contributed by atoms with E-state index in [1.165, 1.54) is 30.1 Å². The summed E-state index contributed by atoms with van der Waals surface area (Å²) in [6.07, 6.45) is 4.52. The van der Waals surface area contributed by atoms with Gasteiger partial charge in [-0.1, -0.05) is 29.2 Å². The number of sulfonamides is 1. The number of anilines is 1. The molecule has 11 heteroatoms. The number of nitrogens with zero attached hydrogens (tertiary/aromatic N) is 4. The van der Waals surface area contributed by atoms with Crippen LogP contribution in [0.1, 0.15) is 5.56 Å². The lowest BCUT2D eigenvalue weighted by Crippen LogP contribution is -2.34. The Bertz CT molecular complexity index is 763. The van der Waals surface area contributed by atoms with Gasteiger partial charge in [0.1, 0.15) is 0 Å². The standard InChI is InChI=1S/C12H15N5O3S3/c1-17(23(2,19)20)7-10(18)14-11-15-16-12(22-11)21-8-9-4-3-5-13-6-9/h3-6H,7-8H2,1-2H3,(H,14,15,18). The van der Waals surface area contributed by atoms with Gasteiger partial charge in [-0.3, -0.25) is 15.1 Å². The van der Waals surface area contributed by atoms with Crippen LogP contribution in [0.3, 0.4) is 0 Å². The number of hydrogen-bond donors (Lipinski definition) is 1. The van der Waals surface area contributed by atoms with Crippen LogP contribution in [-0.2, 0) is 20.6 Å². The summed E-state index contributed by atoms with van der Waals surface area (Å²) in [5.41, 5.74) is 1.06. The van der Waals surface area contributed by atoms with Crippen molar-refractivity contribution in [2.24, 2.45) is 0 Å². The fourth-order valence-electron chi connectivity index (χ4n) is 1.43. The summed E-state index contributed by atoms with van der Waals surface area (Å²) < 4.78 is 24.2. The molecular formula is C12H15N5O3S3. The van der Waals surface area contributed by atoms with Gasteiger partial charge < -0.3 is 0 Å². The molecule has 2 rings (SSSR count). The number of pyridine rings is 1. The van der Waals surface area contributed by atoms with E-state index >= 15 is 0 Å². The second-order valence-corrected chi connectivity index (χ2v) is 8.88. The monoisotopic (exact) mass is 373 g/mol. The molecule has 0 fully saturated rings. The summed E-state index contributed by atoms with van der Waals surface area (Å²) in [5, 5.41) is 10.7. The molecule has 0 saturated heterocycles. The minimum atomic E-state index is -3.39. The number of amides is 1. The average Bonchev–Trinajstić information content (AvgIpc) is 2.92. The van der Waals surface area contributed by atoms with Crippen LogP contribution >= 0.6 is 23.1 Å². The number of thioether (sulfide) groups is 1. The van der Waals surface area contributed by atoms with Gasteiger partial charge in [0.2, 0.25) is 21.1 Å². The quantitative estimate of drug-likeness (QED) is 0.571. The topological polar surface area (TPSA) is 105 Å². The van der Waals surface area contributed by atoms with Gasteiger partial charge in [0.25, 0.3) is 0 Å². The number of rotatable bonds is 7. The first-order chi connectivity index (χ1) is 10.8. The first kappa shape index (κ1) is 17.8. The minimum absolute atomic E-state index is 0.267. The van der Waals surface area contributed by atoms with Gasteiger partial charge in [-0.2, -0.15) is 4.31 Å². The SMILES string of the molecule is CN(CC(=O)Nc1nnc(SCc2cccnc2)s1)S(C)(=O)=O. The van der Waals surface area contributed by atoms with Crippen molar-refractivity contribution in [3.8, 4) is 0 Å². The average molecular weight is 373 g/mol. The predicted octanol–water partition coefficient (Wildman–Crippen LogP) is 1.06. The maximum atomic E-state index is 11.8. The Kier molecular flexibility index (Phi) is 6.04. The molecule has 2 heterocycles. The summed E-state index contributed by atoms with van der Waals surface area (Å²) in [6.45, 7) is -0.267. The highest BCUT2D eigenvalue weighted by molar-refractivity contribution is 8.00. The lowest BCUT2D eigenvalue weighted by molar-refractivity contribution is -0.116. The number of carbonyl (C=O) groups is 1. The van der Waals surface area contributed by atoms with Crippen molar-refractivity contribution in [3.63, 3.8) is 0 Å². The first-order valence-electron chi connectivity index (χ1n) is 6.41. The van der Waals surface area contributed by atoms with E-state index in [1.54, 1.807) is 12.4 Å². The molecule has 0 spiro atoms. The highest BCUT2D eigenvalue weighted by Crippen LogP contribution is 2.27. The van der Waals surface area contributed by atoms with Crippen molar-refractivity contribution in [3.05, 3.63) is 30.1 Å². The molecule has 124 valence electrons. The molecule has 23 heavy (non-hydrogen) atoms. The van der Waals surface area contributed by atoms with Crippen LogP contribution in [0.5, 0.6) is 0 Å². The van der Waals surface area contributed by atoms with Crippen molar-refractivity contribution in [1.82, 2.24) is 19.5 Å². The van der Waals surface area contributed by atoms with Gasteiger partial charge in [-0.25, -0.2) is 8.42 Å². The van der Waals surface area contributed by atoms with Crippen LogP contribution in [0.15, 0.2) is 28.9 Å². The maximum Gasteiger partial charge on any atom is 0.241 e. The van der Waals surface area contributed by atoms with E-state index < -0.39 is 15.9 Å². The summed E-state index contributed by atoms with van der Waals surface area (Å²) in [5.74, 6) is 0.241. The molecule has 2 aromatic rings. The molecule has 1 amide bonds. The summed E-state index contributed by atoms with van der Waals surface area (Å²) in [4.78, 5) is 15.8.